The van der Waals surface area contributed by atoms with Gasteiger partial charge >= 0.3 is 0 Å². The molecule has 2 N–H and O–H groups in total. The summed E-state index contributed by atoms with van der Waals surface area (Å²) in [5.74, 6) is 0.790. The molecule has 5 nitrogen and oxygen atoms in total. The van der Waals surface area contributed by atoms with E-state index in [1.54, 1.807) is 4.68 Å². The minimum atomic E-state index is 0.549. The highest BCUT2D eigenvalue weighted by atomic mass is 15.5. The first-order valence-corrected chi connectivity index (χ1v) is 4.44. The van der Waals surface area contributed by atoms with Crippen LogP contribution >= 0.6 is 0 Å². The van der Waals surface area contributed by atoms with Gasteiger partial charge in [-0.15, -0.1) is 5.10 Å². The number of hydrogen-bond acceptors (Lipinski definition) is 4. The second-order valence-corrected chi connectivity index (χ2v) is 2.88. The number of nitrogens with zero attached hydrogens (tertiary/aromatic N) is 4. The van der Waals surface area contributed by atoms with Crippen molar-refractivity contribution in [2.24, 2.45) is 5.73 Å². The lowest BCUT2D eigenvalue weighted by Gasteiger charge is -2.01. The molecule has 0 aliphatic heterocycles. The van der Waals surface area contributed by atoms with Gasteiger partial charge in [-0.2, -0.15) is 4.68 Å². The Morgan fingerprint density at radius 3 is 2.71 bits per heavy atom. The predicted molar refractivity (Wildman–Crippen MR) is 51.9 cm³/mol. The second-order valence-electron chi connectivity index (χ2n) is 2.88. The Morgan fingerprint density at radius 2 is 2.00 bits per heavy atom. The van der Waals surface area contributed by atoms with Crippen molar-refractivity contribution in [2.45, 2.75) is 6.42 Å². The van der Waals surface area contributed by atoms with E-state index in [1.807, 2.05) is 30.3 Å². The van der Waals surface area contributed by atoms with E-state index in [2.05, 4.69) is 15.5 Å². The van der Waals surface area contributed by atoms with Crippen LogP contribution in [-0.4, -0.2) is 26.8 Å². The Balaban J connectivity index is 2.37. The molecule has 0 atom stereocenters. The molecule has 2 rings (SSSR count). The molecule has 0 spiro atoms. The Bertz CT molecular complexity index is 395. The molecular weight excluding hydrogens is 178 g/mol. The third-order valence-electron chi connectivity index (χ3n) is 1.90. The summed E-state index contributed by atoms with van der Waals surface area (Å²) in [6, 6.07) is 9.76. The number of benzene rings is 1. The van der Waals surface area contributed by atoms with Crippen molar-refractivity contribution in [1.29, 1.82) is 0 Å². The van der Waals surface area contributed by atoms with Crippen LogP contribution in [0.25, 0.3) is 5.69 Å². The van der Waals surface area contributed by atoms with Gasteiger partial charge in [0.25, 0.3) is 0 Å². The lowest BCUT2D eigenvalue weighted by atomic mass is 10.3. The SMILES string of the molecule is NCCc1nnnn1-c1ccccc1. The first kappa shape index (κ1) is 8.83. The molecule has 0 saturated heterocycles. The fourth-order valence-corrected chi connectivity index (χ4v) is 1.26. The summed E-state index contributed by atoms with van der Waals surface area (Å²) >= 11 is 0. The summed E-state index contributed by atoms with van der Waals surface area (Å²) in [6.07, 6.45) is 0.682. The molecule has 2 aromatic rings. The summed E-state index contributed by atoms with van der Waals surface area (Å²) in [7, 11) is 0. The van der Waals surface area contributed by atoms with Gasteiger partial charge in [0.15, 0.2) is 5.82 Å². The zero-order valence-corrected chi connectivity index (χ0v) is 7.67. The van der Waals surface area contributed by atoms with Gasteiger partial charge < -0.3 is 5.73 Å². The minimum absolute atomic E-state index is 0.549. The fourth-order valence-electron chi connectivity index (χ4n) is 1.26. The van der Waals surface area contributed by atoms with Crippen LogP contribution in [0.3, 0.4) is 0 Å². The van der Waals surface area contributed by atoms with Crippen LogP contribution in [0.1, 0.15) is 5.82 Å². The zero-order chi connectivity index (χ0) is 9.80. The number of nitrogens with two attached hydrogens (primary N) is 1. The van der Waals surface area contributed by atoms with Gasteiger partial charge in [0.2, 0.25) is 0 Å². The maximum atomic E-state index is 5.46. The maximum absolute atomic E-state index is 5.46. The second kappa shape index (κ2) is 3.97. The van der Waals surface area contributed by atoms with Crippen molar-refractivity contribution < 1.29 is 0 Å². The Morgan fingerprint density at radius 1 is 1.21 bits per heavy atom. The summed E-state index contributed by atoms with van der Waals surface area (Å²) in [6.45, 7) is 0.549. The van der Waals surface area contributed by atoms with Gasteiger partial charge in [0.1, 0.15) is 0 Å². The summed E-state index contributed by atoms with van der Waals surface area (Å²) in [5, 5.41) is 11.4. The molecule has 0 fully saturated rings. The summed E-state index contributed by atoms with van der Waals surface area (Å²) in [4.78, 5) is 0. The molecule has 0 unspecified atom stereocenters. The highest BCUT2D eigenvalue weighted by Crippen LogP contribution is 2.06. The molecule has 1 heterocycles. The van der Waals surface area contributed by atoms with Gasteiger partial charge in [0, 0.05) is 6.42 Å². The normalized spacial score (nSPS) is 10.4. The third-order valence-corrected chi connectivity index (χ3v) is 1.90. The molecule has 0 aliphatic rings. The van der Waals surface area contributed by atoms with E-state index in [1.165, 1.54) is 0 Å². The predicted octanol–water partition coefficient (Wildman–Crippen LogP) is 0.163. The van der Waals surface area contributed by atoms with E-state index in [4.69, 9.17) is 5.73 Å². The molecule has 0 bridgehead atoms. The molecule has 1 aromatic heterocycles. The number of para-hydroxylation sites is 1. The molecule has 0 radical (unpaired) electrons. The summed E-state index contributed by atoms with van der Waals surface area (Å²) in [5.41, 5.74) is 6.42. The Labute approximate surface area is 81.5 Å². The average molecular weight is 189 g/mol. The monoisotopic (exact) mass is 189 g/mol. The van der Waals surface area contributed by atoms with Crippen LogP contribution in [0.15, 0.2) is 30.3 Å². The van der Waals surface area contributed by atoms with Crippen molar-refractivity contribution in [3.63, 3.8) is 0 Å². The van der Waals surface area contributed by atoms with Gasteiger partial charge in [-0.05, 0) is 29.1 Å². The first-order valence-electron chi connectivity index (χ1n) is 4.44. The molecule has 0 saturated carbocycles. The maximum Gasteiger partial charge on any atom is 0.157 e. The van der Waals surface area contributed by atoms with Gasteiger partial charge in [-0.1, -0.05) is 18.2 Å². The van der Waals surface area contributed by atoms with Crippen LogP contribution < -0.4 is 5.73 Å². The number of tetrazole rings is 1. The molecule has 1 aromatic carbocycles. The van der Waals surface area contributed by atoms with Crippen LogP contribution in [0, 0.1) is 0 Å². The third kappa shape index (κ3) is 1.62. The molecule has 0 aliphatic carbocycles. The minimum Gasteiger partial charge on any atom is -0.330 e. The van der Waals surface area contributed by atoms with Gasteiger partial charge in [-0.3, -0.25) is 0 Å². The average Bonchev–Trinajstić information content (AvgIpc) is 2.68. The molecular formula is C9H11N5. The highest BCUT2D eigenvalue weighted by molar-refractivity contribution is 5.30. The van der Waals surface area contributed by atoms with Gasteiger partial charge in [0.05, 0.1) is 5.69 Å². The van der Waals surface area contributed by atoms with E-state index < -0.39 is 0 Å². The highest BCUT2D eigenvalue weighted by Gasteiger charge is 2.05. The number of hydrogen-bond donors (Lipinski definition) is 1. The van der Waals surface area contributed by atoms with Crippen molar-refractivity contribution in [1.82, 2.24) is 20.2 Å². The first-order chi connectivity index (χ1) is 6.92. The smallest absolute Gasteiger partial charge is 0.157 e. The molecule has 14 heavy (non-hydrogen) atoms. The van der Waals surface area contributed by atoms with Crippen LogP contribution in [0.4, 0.5) is 0 Å². The lowest BCUT2D eigenvalue weighted by molar-refractivity contribution is 0.755. The quantitative estimate of drug-likeness (QED) is 0.746. The van der Waals surface area contributed by atoms with E-state index in [0.29, 0.717) is 13.0 Å². The molecule has 72 valence electrons. The molecule has 0 amide bonds. The number of aromatic nitrogens is 4. The van der Waals surface area contributed by atoms with Crippen LogP contribution in [0.2, 0.25) is 0 Å². The van der Waals surface area contributed by atoms with Crippen LogP contribution in [0.5, 0.6) is 0 Å². The molecule has 5 heteroatoms. The topological polar surface area (TPSA) is 69.6 Å². The Kier molecular flexibility index (Phi) is 2.51. The van der Waals surface area contributed by atoms with Crippen molar-refractivity contribution in [3.05, 3.63) is 36.2 Å². The Hall–Kier alpha value is -1.75. The van der Waals surface area contributed by atoms with E-state index in [-0.39, 0.29) is 0 Å². The van der Waals surface area contributed by atoms with Crippen molar-refractivity contribution in [2.75, 3.05) is 6.54 Å². The summed E-state index contributed by atoms with van der Waals surface area (Å²) < 4.78 is 1.70. The van der Waals surface area contributed by atoms with E-state index >= 15 is 0 Å². The fraction of sp³-hybridized carbons (Fsp3) is 0.222. The van der Waals surface area contributed by atoms with E-state index in [9.17, 15) is 0 Å². The van der Waals surface area contributed by atoms with Crippen LogP contribution in [-0.2, 0) is 6.42 Å². The standard InChI is InChI=1S/C9H11N5/c10-7-6-9-11-12-13-14(9)8-4-2-1-3-5-8/h1-5H,6-7,10H2. The number of rotatable bonds is 3. The lowest BCUT2D eigenvalue weighted by Crippen LogP contribution is -2.09. The largest absolute Gasteiger partial charge is 0.330 e. The van der Waals surface area contributed by atoms with Gasteiger partial charge in [-0.25, -0.2) is 0 Å². The van der Waals surface area contributed by atoms with Crippen molar-refractivity contribution >= 4 is 0 Å². The van der Waals surface area contributed by atoms with Crippen molar-refractivity contribution in [3.8, 4) is 5.69 Å². The van der Waals surface area contributed by atoms with E-state index in [0.717, 1.165) is 11.5 Å². The zero-order valence-electron chi connectivity index (χ0n) is 7.67.